The van der Waals surface area contributed by atoms with Crippen molar-refractivity contribution >= 4 is 23.5 Å². The van der Waals surface area contributed by atoms with Gasteiger partial charge in [0, 0.05) is 12.0 Å². The first-order chi connectivity index (χ1) is 9.08. The molecule has 1 aromatic heterocycles. The lowest BCUT2D eigenvalue weighted by Gasteiger charge is -2.26. The normalized spacial score (nSPS) is 23.0. The van der Waals surface area contributed by atoms with Crippen molar-refractivity contribution < 1.29 is 4.79 Å². The summed E-state index contributed by atoms with van der Waals surface area (Å²) in [7, 11) is 0. The van der Waals surface area contributed by atoms with Crippen LogP contribution < -0.4 is 22.5 Å². The number of nitrogens with zero attached hydrogens (tertiary/aromatic N) is 2. The molecule has 0 atom stereocenters. The van der Waals surface area contributed by atoms with Gasteiger partial charge in [-0.3, -0.25) is 4.79 Å². The van der Waals surface area contributed by atoms with E-state index >= 15 is 0 Å². The van der Waals surface area contributed by atoms with Gasteiger partial charge in [0.25, 0.3) is 0 Å². The predicted octanol–water partition coefficient (Wildman–Crippen LogP) is 0.345. The SMILES string of the molecule is NCC1CCC(C(=O)Nc2cc(N)nc(N)n2)CC1. The van der Waals surface area contributed by atoms with Gasteiger partial charge in [-0.2, -0.15) is 9.97 Å². The zero-order valence-electron chi connectivity index (χ0n) is 10.8. The van der Waals surface area contributed by atoms with Crippen molar-refractivity contribution in [1.82, 2.24) is 9.97 Å². The monoisotopic (exact) mass is 264 g/mol. The van der Waals surface area contributed by atoms with E-state index in [1.165, 1.54) is 6.07 Å². The van der Waals surface area contributed by atoms with Crippen molar-refractivity contribution in [3.63, 3.8) is 0 Å². The van der Waals surface area contributed by atoms with Gasteiger partial charge in [0.05, 0.1) is 0 Å². The molecule has 0 saturated heterocycles. The summed E-state index contributed by atoms with van der Waals surface area (Å²) in [4.78, 5) is 19.8. The van der Waals surface area contributed by atoms with Crippen LogP contribution in [0, 0.1) is 11.8 Å². The van der Waals surface area contributed by atoms with Crippen LogP contribution >= 0.6 is 0 Å². The molecule has 19 heavy (non-hydrogen) atoms. The van der Waals surface area contributed by atoms with E-state index in [2.05, 4.69) is 15.3 Å². The highest BCUT2D eigenvalue weighted by atomic mass is 16.1. The summed E-state index contributed by atoms with van der Waals surface area (Å²) in [6.45, 7) is 0.702. The number of carbonyl (C=O) groups excluding carboxylic acids is 1. The lowest BCUT2D eigenvalue weighted by Crippen LogP contribution is -2.29. The summed E-state index contributed by atoms with van der Waals surface area (Å²) < 4.78 is 0. The number of nitrogens with two attached hydrogens (primary N) is 3. The Hall–Kier alpha value is -1.89. The van der Waals surface area contributed by atoms with Crippen LogP contribution in [-0.2, 0) is 4.79 Å². The molecule has 104 valence electrons. The third kappa shape index (κ3) is 3.54. The van der Waals surface area contributed by atoms with Gasteiger partial charge < -0.3 is 22.5 Å². The molecule has 1 saturated carbocycles. The second-order valence-corrected chi connectivity index (χ2v) is 4.98. The molecule has 1 amide bonds. The van der Waals surface area contributed by atoms with Crippen LogP contribution in [0.4, 0.5) is 17.6 Å². The van der Waals surface area contributed by atoms with E-state index in [1.54, 1.807) is 0 Å². The first-order valence-corrected chi connectivity index (χ1v) is 6.49. The molecule has 1 heterocycles. The van der Waals surface area contributed by atoms with Gasteiger partial charge in [-0.1, -0.05) is 0 Å². The summed E-state index contributed by atoms with van der Waals surface area (Å²) in [5.41, 5.74) is 16.7. The van der Waals surface area contributed by atoms with Crippen molar-refractivity contribution in [3.05, 3.63) is 6.07 Å². The van der Waals surface area contributed by atoms with Crippen LogP contribution in [0.5, 0.6) is 0 Å². The molecule has 0 radical (unpaired) electrons. The standard InChI is InChI=1S/C12H20N6O/c13-6-7-1-3-8(4-2-7)11(19)17-10-5-9(14)16-12(15)18-10/h5,7-8H,1-4,6,13H2,(H5,14,15,16,17,18,19). The third-order valence-electron chi connectivity index (χ3n) is 3.57. The Bertz CT molecular complexity index is 435. The topological polar surface area (TPSA) is 133 Å². The lowest BCUT2D eigenvalue weighted by molar-refractivity contribution is -0.121. The molecular weight excluding hydrogens is 244 g/mol. The molecule has 7 heteroatoms. The van der Waals surface area contributed by atoms with Crippen LogP contribution in [0.2, 0.25) is 0 Å². The minimum Gasteiger partial charge on any atom is -0.383 e. The van der Waals surface area contributed by atoms with E-state index in [4.69, 9.17) is 17.2 Å². The molecule has 1 aliphatic rings. The average Bonchev–Trinajstić information content (AvgIpc) is 2.37. The van der Waals surface area contributed by atoms with E-state index in [0.29, 0.717) is 18.3 Å². The largest absolute Gasteiger partial charge is 0.383 e. The highest BCUT2D eigenvalue weighted by molar-refractivity contribution is 5.92. The Kier molecular flexibility index (Phi) is 4.16. The van der Waals surface area contributed by atoms with Gasteiger partial charge in [0.1, 0.15) is 11.6 Å². The second-order valence-electron chi connectivity index (χ2n) is 4.98. The summed E-state index contributed by atoms with van der Waals surface area (Å²) >= 11 is 0. The Morgan fingerprint density at radius 1 is 1.26 bits per heavy atom. The molecule has 7 nitrogen and oxygen atoms in total. The Labute approximate surface area is 112 Å². The molecule has 2 rings (SSSR count). The van der Waals surface area contributed by atoms with E-state index < -0.39 is 0 Å². The number of carbonyl (C=O) groups is 1. The van der Waals surface area contributed by atoms with Crippen molar-refractivity contribution in [3.8, 4) is 0 Å². The van der Waals surface area contributed by atoms with E-state index in [0.717, 1.165) is 25.7 Å². The molecule has 0 spiro atoms. The highest BCUT2D eigenvalue weighted by Gasteiger charge is 2.25. The third-order valence-corrected chi connectivity index (χ3v) is 3.57. The lowest BCUT2D eigenvalue weighted by atomic mass is 9.81. The van der Waals surface area contributed by atoms with Crippen molar-refractivity contribution in [2.75, 3.05) is 23.3 Å². The molecule has 7 N–H and O–H groups in total. The minimum absolute atomic E-state index is 0.0141. The van der Waals surface area contributed by atoms with Crippen LogP contribution in [0.25, 0.3) is 0 Å². The number of anilines is 3. The maximum atomic E-state index is 12.1. The first kappa shape index (κ1) is 13.5. The quantitative estimate of drug-likeness (QED) is 0.622. The maximum absolute atomic E-state index is 12.1. The van der Waals surface area contributed by atoms with Gasteiger partial charge in [-0.15, -0.1) is 0 Å². The number of hydrogen-bond donors (Lipinski definition) is 4. The smallest absolute Gasteiger partial charge is 0.228 e. The van der Waals surface area contributed by atoms with Gasteiger partial charge in [0.15, 0.2) is 0 Å². The van der Waals surface area contributed by atoms with Crippen LogP contribution in [-0.4, -0.2) is 22.4 Å². The fourth-order valence-electron chi connectivity index (χ4n) is 2.44. The second kappa shape index (κ2) is 5.83. The molecule has 0 aromatic carbocycles. The fraction of sp³-hybridized carbons (Fsp3) is 0.583. The molecule has 0 bridgehead atoms. The van der Waals surface area contributed by atoms with Crippen molar-refractivity contribution in [1.29, 1.82) is 0 Å². The van der Waals surface area contributed by atoms with Crippen molar-refractivity contribution in [2.45, 2.75) is 25.7 Å². The van der Waals surface area contributed by atoms with E-state index in [-0.39, 0.29) is 23.6 Å². The summed E-state index contributed by atoms with van der Waals surface area (Å²) in [5.74, 6) is 1.19. The van der Waals surface area contributed by atoms with Crippen LogP contribution in [0.15, 0.2) is 6.07 Å². The number of amides is 1. The van der Waals surface area contributed by atoms with Gasteiger partial charge in [-0.25, -0.2) is 0 Å². The minimum atomic E-state index is -0.0343. The van der Waals surface area contributed by atoms with Gasteiger partial charge >= 0.3 is 0 Å². The van der Waals surface area contributed by atoms with Gasteiger partial charge in [-0.05, 0) is 38.1 Å². The van der Waals surface area contributed by atoms with E-state index in [1.807, 2.05) is 0 Å². The number of nitrogen functional groups attached to an aromatic ring is 2. The number of rotatable bonds is 3. The Morgan fingerprint density at radius 2 is 1.95 bits per heavy atom. The number of hydrogen-bond acceptors (Lipinski definition) is 6. The van der Waals surface area contributed by atoms with Crippen LogP contribution in [0.1, 0.15) is 25.7 Å². The Morgan fingerprint density at radius 3 is 2.53 bits per heavy atom. The fourth-order valence-corrected chi connectivity index (χ4v) is 2.44. The number of nitrogens with one attached hydrogen (secondary N) is 1. The van der Waals surface area contributed by atoms with Gasteiger partial charge in [0.2, 0.25) is 11.9 Å². The van der Waals surface area contributed by atoms with Crippen LogP contribution in [0.3, 0.4) is 0 Å². The summed E-state index contributed by atoms with van der Waals surface area (Å²) in [5, 5.41) is 2.74. The average molecular weight is 264 g/mol. The molecular formula is C12H20N6O. The molecule has 1 fully saturated rings. The van der Waals surface area contributed by atoms with Crippen molar-refractivity contribution in [2.24, 2.45) is 17.6 Å². The highest BCUT2D eigenvalue weighted by Crippen LogP contribution is 2.28. The zero-order valence-corrected chi connectivity index (χ0v) is 10.8. The maximum Gasteiger partial charge on any atom is 0.228 e. The molecule has 1 aromatic rings. The predicted molar refractivity (Wildman–Crippen MR) is 74.0 cm³/mol. The zero-order chi connectivity index (χ0) is 13.8. The molecule has 0 aliphatic heterocycles. The van der Waals surface area contributed by atoms with E-state index in [9.17, 15) is 4.79 Å². The Balaban J connectivity index is 1.94. The molecule has 0 unspecified atom stereocenters. The molecule has 1 aliphatic carbocycles. The summed E-state index contributed by atoms with van der Waals surface area (Å²) in [6, 6.07) is 1.50. The number of aromatic nitrogens is 2. The summed E-state index contributed by atoms with van der Waals surface area (Å²) in [6.07, 6.45) is 3.73. The first-order valence-electron chi connectivity index (χ1n) is 6.49.